The van der Waals surface area contributed by atoms with Gasteiger partial charge in [-0.05, 0) is 48.5 Å². The Morgan fingerprint density at radius 2 is 1.42 bits per heavy atom. The maximum absolute atomic E-state index is 12.0. The third-order valence-electron chi connectivity index (χ3n) is 2.70. The Kier molecular flexibility index (Phi) is 9.31. The molecule has 8 heteroatoms. The summed E-state index contributed by atoms with van der Waals surface area (Å²) in [7, 11) is 1.59. The van der Waals surface area contributed by atoms with E-state index in [0.717, 1.165) is 0 Å². The predicted molar refractivity (Wildman–Crippen MR) is 98.0 cm³/mol. The number of hydrogen-bond donors (Lipinski definition) is 0. The van der Waals surface area contributed by atoms with Crippen LogP contribution in [-0.4, -0.2) is 60.2 Å². The van der Waals surface area contributed by atoms with Crippen LogP contribution in [0.3, 0.4) is 0 Å². The summed E-state index contributed by atoms with van der Waals surface area (Å²) in [5.74, 6) is -0.624. The standard InChI is InChI=1S/C18H32N2O6/c1-9-24-15(22)12-20(8)13(19-16(23)26-18(5,6)7)10-11-14(21)25-17(2,3)4/h9-12H2,1-8H3. The molecule has 0 saturated carbocycles. The van der Waals surface area contributed by atoms with Gasteiger partial charge in [-0.25, -0.2) is 4.79 Å². The number of ether oxygens (including phenoxy) is 3. The fraction of sp³-hybridized carbons (Fsp3) is 0.778. The first kappa shape index (κ1) is 23.9. The van der Waals surface area contributed by atoms with E-state index in [1.807, 2.05) is 0 Å². The Morgan fingerprint density at radius 1 is 0.885 bits per heavy atom. The van der Waals surface area contributed by atoms with E-state index in [9.17, 15) is 14.4 Å². The second-order valence-electron chi connectivity index (χ2n) is 7.76. The van der Waals surface area contributed by atoms with E-state index in [1.54, 1.807) is 55.5 Å². The Balaban J connectivity index is 5.12. The molecule has 0 atom stereocenters. The monoisotopic (exact) mass is 372 g/mol. The minimum atomic E-state index is -0.785. The van der Waals surface area contributed by atoms with Crippen LogP contribution in [-0.2, 0) is 23.8 Å². The average molecular weight is 372 g/mol. The maximum atomic E-state index is 12.0. The van der Waals surface area contributed by atoms with Crippen LogP contribution in [0.4, 0.5) is 4.79 Å². The molecule has 0 radical (unpaired) electrons. The van der Waals surface area contributed by atoms with Crippen LogP contribution in [0, 0.1) is 0 Å². The van der Waals surface area contributed by atoms with Gasteiger partial charge in [0.1, 0.15) is 23.6 Å². The first-order chi connectivity index (χ1) is 11.7. The van der Waals surface area contributed by atoms with Crippen molar-refractivity contribution in [1.82, 2.24) is 4.90 Å². The molecule has 0 aliphatic rings. The summed E-state index contributed by atoms with van der Waals surface area (Å²) < 4.78 is 15.3. The van der Waals surface area contributed by atoms with Crippen LogP contribution in [0.25, 0.3) is 0 Å². The zero-order valence-corrected chi connectivity index (χ0v) is 17.2. The number of aliphatic imine (C=N–C) groups is 1. The molecule has 0 spiro atoms. The number of likely N-dealkylation sites (N-methyl/N-ethyl adjacent to an activating group) is 1. The maximum Gasteiger partial charge on any atom is 0.435 e. The lowest BCUT2D eigenvalue weighted by Crippen LogP contribution is -2.35. The SMILES string of the molecule is CCOC(=O)CN(C)C(CCC(=O)OC(C)(C)C)=NC(=O)OC(C)(C)C. The van der Waals surface area contributed by atoms with Gasteiger partial charge in [0, 0.05) is 13.5 Å². The highest BCUT2D eigenvalue weighted by Crippen LogP contribution is 2.12. The number of esters is 2. The van der Waals surface area contributed by atoms with E-state index in [4.69, 9.17) is 14.2 Å². The molecular weight excluding hydrogens is 340 g/mol. The number of amidine groups is 1. The van der Waals surface area contributed by atoms with Gasteiger partial charge in [-0.3, -0.25) is 9.59 Å². The van der Waals surface area contributed by atoms with Crippen molar-refractivity contribution in [2.45, 2.75) is 72.5 Å². The van der Waals surface area contributed by atoms with Crippen molar-refractivity contribution in [2.75, 3.05) is 20.2 Å². The van der Waals surface area contributed by atoms with Gasteiger partial charge in [0.25, 0.3) is 0 Å². The molecule has 150 valence electrons. The van der Waals surface area contributed by atoms with E-state index in [2.05, 4.69) is 4.99 Å². The van der Waals surface area contributed by atoms with E-state index in [-0.39, 0.29) is 31.8 Å². The van der Waals surface area contributed by atoms with Gasteiger partial charge in [0.05, 0.1) is 13.0 Å². The summed E-state index contributed by atoms with van der Waals surface area (Å²) in [4.78, 5) is 41.0. The molecule has 1 amide bonds. The van der Waals surface area contributed by atoms with E-state index < -0.39 is 29.2 Å². The summed E-state index contributed by atoms with van der Waals surface area (Å²) in [5.41, 5.74) is -1.30. The third-order valence-corrected chi connectivity index (χ3v) is 2.70. The molecular formula is C18H32N2O6. The molecule has 0 rings (SSSR count). The molecule has 0 aromatic heterocycles. The predicted octanol–water partition coefficient (Wildman–Crippen LogP) is 2.94. The number of carbonyl (C=O) groups is 3. The molecule has 8 nitrogen and oxygen atoms in total. The number of carbonyl (C=O) groups excluding carboxylic acids is 3. The van der Waals surface area contributed by atoms with Crippen LogP contribution >= 0.6 is 0 Å². The molecule has 0 heterocycles. The quantitative estimate of drug-likeness (QED) is 0.306. The summed E-state index contributed by atoms with van der Waals surface area (Å²) >= 11 is 0. The second-order valence-corrected chi connectivity index (χ2v) is 7.76. The minimum Gasteiger partial charge on any atom is -0.465 e. The second kappa shape index (κ2) is 10.1. The molecule has 0 aromatic rings. The molecule has 0 unspecified atom stereocenters. The lowest BCUT2D eigenvalue weighted by molar-refractivity contribution is -0.154. The minimum absolute atomic E-state index is 0.0199. The van der Waals surface area contributed by atoms with Gasteiger partial charge < -0.3 is 19.1 Å². The highest BCUT2D eigenvalue weighted by atomic mass is 16.6. The van der Waals surface area contributed by atoms with Gasteiger partial charge >= 0.3 is 18.0 Å². The summed E-state index contributed by atoms with van der Waals surface area (Å²) in [6, 6.07) is 0. The van der Waals surface area contributed by atoms with Crippen LogP contribution in [0.1, 0.15) is 61.3 Å². The van der Waals surface area contributed by atoms with E-state index in [1.165, 1.54) is 4.90 Å². The normalized spacial score (nSPS) is 12.4. The highest BCUT2D eigenvalue weighted by molar-refractivity contribution is 5.94. The lowest BCUT2D eigenvalue weighted by atomic mass is 10.2. The van der Waals surface area contributed by atoms with Crippen LogP contribution in [0.5, 0.6) is 0 Å². The molecule has 0 aliphatic heterocycles. The summed E-state index contributed by atoms with van der Waals surface area (Å²) in [6.07, 6.45) is -0.636. The van der Waals surface area contributed by atoms with E-state index >= 15 is 0 Å². The van der Waals surface area contributed by atoms with Crippen molar-refractivity contribution < 1.29 is 28.6 Å². The molecule has 0 aliphatic carbocycles. The van der Waals surface area contributed by atoms with Crippen LogP contribution < -0.4 is 0 Å². The van der Waals surface area contributed by atoms with Crippen LogP contribution in [0.2, 0.25) is 0 Å². The zero-order chi connectivity index (χ0) is 20.5. The average Bonchev–Trinajstić information content (AvgIpc) is 2.39. The Hall–Kier alpha value is -2.12. The van der Waals surface area contributed by atoms with Crippen molar-refractivity contribution in [3.05, 3.63) is 0 Å². The smallest absolute Gasteiger partial charge is 0.435 e. The lowest BCUT2D eigenvalue weighted by Gasteiger charge is -2.23. The van der Waals surface area contributed by atoms with Gasteiger partial charge in [-0.15, -0.1) is 0 Å². The van der Waals surface area contributed by atoms with Gasteiger partial charge in [-0.2, -0.15) is 4.99 Å². The zero-order valence-electron chi connectivity index (χ0n) is 17.2. The summed E-state index contributed by atoms with van der Waals surface area (Å²) in [6.45, 7) is 12.4. The number of nitrogens with zero attached hydrogens (tertiary/aromatic N) is 2. The van der Waals surface area contributed by atoms with Crippen LogP contribution in [0.15, 0.2) is 4.99 Å². The van der Waals surface area contributed by atoms with Crippen molar-refractivity contribution in [1.29, 1.82) is 0 Å². The molecule has 0 bridgehead atoms. The molecule has 0 aromatic carbocycles. The number of hydrogen-bond acceptors (Lipinski definition) is 6. The van der Waals surface area contributed by atoms with Gasteiger partial charge in [-0.1, -0.05) is 0 Å². The fourth-order valence-electron chi connectivity index (χ4n) is 1.82. The number of amides is 1. The molecule has 0 N–H and O–H groups in total. The fourth-order valence-corrected chi connectivity index (χ4v) is 1.82. The molecule has 0 saturated heterocycles. The third kappa shape index (κ3) is 12.3. The Bertz CT molecular complexity index is 529. The summed E-state index contributed by atoms with van der Waals surface area (Å²) in [5, 5.41) is 0. The number of rotatable bonds is 6. The first-order valence-electron chi connectivity index (χ1n) is 8.62. The largest absolute Gasteiger partial charge is 0.465 e. The molecule has 26 heavy (non-hydrogen) atoms. The Labute approximate surface area is 155 Å². The van der Waals surface area contributed by atoms with Crippen molar-refractivity contribution in [2.24, 2.45) is 4.99 Å². The van der Waals surface area contributed by atoms with E-state index in [0.29, 0.717) is 0 Å². The van der Waals surface area contributed by atoms with Crippen molar-refractivity contribution in [3.63, 3.8) is 0 Å². The van der Waals surface area contributed by atoms with Gasteiger partial charge in [0.15, 0.2) is 0 Å². The molecule has 0 fully saturated rings. The highest BCUT2D eigenvalue weighted by Gasteiger charge is 2.21. The van der Waals surface area contributed by atoms with Crippen molar-refractivity contribution in [3.8, 4) is 0 Å². The van der Waals surface area contributed by atoms with Crippen molar-refractivity contribution >= 4 is 23.9 Å². The first-order valence-corrected chi connectivity index (χ1v) is 8.62. The Morgan fingerprint density at radius 3 is 1.88 bits per heavy atom. The van der Waals surface area contributed by atoms with Gasteiger partial charge in [0.2, 0.25) is 0 Å². The topological polar surface area (TPSA) is 94.5 Å².